The van der Waals surface area contributed by atoms with Gasteiger partial charge in [0.05, 0.1) is 19.0 Å². The van der Waals surface area contributed by atoms with Crippen LogP contribution >= 0.6 is 0 Å². The number of guanidine groups is 1. The molecule has 6 heteroatoms. The first-order chi connectivity index (χ1) is 14.2. The SMILES string of the molecule is CCCCOc1ccc(CCNC(=NC)N2CCC(C)C(n3ccnc3)C2)cc1. The van der Waals surface area contributed by atoms with Crippen LogP contribution in [0.3, 0.4) is 0 Å². The van der Waals surface area contributed by atoms with E-state index in [0.717, 1.165) is 63.6 Å². The molecule has 1 aliphatic heterocycles. The summed E-state index contributed by atoms with van der Waals surface area (Å²) in [6, 6.07) is 8.89. The van der Waals surface area contributed by atoms with E-state index in [9.17, 15) is 0 Å². The molecule has 2 aromatic rings. The Morgan fingerprint density at radius 2 is 2.14 bits per heavy atom. The second-order valence-electron chi connectivity index (χ2n) is 7.86. The Labute approximate surface area is 175 Å². The van der Waals surface area contributed by atoms with Crippen LogP contribution in [-0.4, -0.2) is 53.7 Å². The molecule has 29 heavy (non-hydrogen) atoms. The number of ether oxygens (including phenoxy) is 1. The van der Waals surface area contributed by atoms with Gasteiger partial charge in [0.1, 0.15) is 5.75 Å². The fourth-order valence-corrected chi connectivity index (χ4v) is 3.83. The summed E-state index contributed by atoms with van der Waals surface area (Å²) in [7, 11) is 1.87. The van der Waals surface area contributed by atoms with Gasteiger partial charge < -0.3 is 19.5 Å². The van der Waals surface area contributed by atoms with Crippen LogP contribution in [0.1, 0.15) is 44.7 Å². The van der Waals surface area contributed by atoms with Crippen LogP contribution in [0.15, 0.2) is 48.0 Å². The third-order valence-electron chi connectivity index (χ3n) is 5.72. The molecule has 0 radical (unpaired) electrons. The number of unbranched alkanes of at least 4 members (excludes halogenated alkanes) is 1. The largest absolute Gasteiger partial charge is 0.494 e. The van der Waals surface area contributed by atoms with Crippen molar-refractivity contribution in [3.8, 4) is 5.75 Å². The molecular weight excluding hydrogens is 362 g/mol. The van der Waals surface area contributed by atoms with E-state index in [1.807, 2.05) is 19.6 Å². The summed E-state index contributed by atoms with van der Waals surface area (Å²) in [5.41, 5.74) is 1.30. The van der Waals surface area contributed by atoms with Gasteiger partial charge in [-0.2, -0.15) is 0 Å². The Balaban J connectivity index is 1.48. The Morgan fingerprint density at radius 1 is 1.31 bits per heavy atom. The summed E-state index contributed by atoms with van der Waals surface area (Å²) in [5.74, 6) is 2.58. The molecule has 1 fully saturated rings. The number of rotatable bonds is 8. The van der Waals surface area contributed by atoms with E-state index in [1.54, 1.807) is 0 Å². The lowest BCUT2D eigenvalue weighted by molar-refractivity contribution is 0.189. The van der Waals surface area contributed by atoms with Crippen LogP contribution in [0.2, 0.25) is 0 Å². The first kappa shape index (κ1) is 21.2. The number of nitrogens with one attached hydrogen (secondary N) is 1. The van der Waals surface area contributed by atoms with E-state index in [4.69, 9.17) is 4.74 Å². The van der Waals surface area contributed by atoms with Gasteiger partial charge in [-0.15, -0.1) is 0 Å². The molecule has 0 spiro atoms. The summed E-state index contributed by atoms with van der Waals surface area (Å²) < 4.78 is 7.97. The maximum absolute atomic E-state index is 5.74. The van der Waals surface area contributed by atoms with Crippen LogP contribution in [0.4, 0.5) is 0 Å². The van der Waals surface area contributed by atoms with Gasteiger partial charge in [0.15, 0.2) is 5.96 Å². The maximum atomic E-state index is 5.74. The number of hydrogen-bond donors (Lipinski definition) is 1. The van der Waals surface area contributed by atoms with E-state index in [0.29, 0.717) is 12.0 Å². The van der Waals surface area contributed by atoms with Crippen molar-refractivity contribution in [2.75, 3.05) is 33.3 Å². The van der Waals surface area contributed by atoms with Crippen molar-refractivity contribution in [1.82, 2.24) is 19.8 Å². The Kier molecular flexibility index (Phi) is 7.96. The van der Waals surface area contributed by atoms with Gasteiger partial charge in [0, 0.05) is 39.1 Å². The number of piperidine rings is 1. The average molecular weight is 398 g/mol. The number of nitrogens with zero attached hydrogens (tertiary/aromatic N) is 4. The molecule has 3 rings (SSSR count). The molecular formula is C23H35N5O. The minimum atomic E-state index is 0.435. The van der Waals surface area contributed by atoms with Crippen LogP contribution in [-0.2, 0) is 6.42 Å². The topological polar surface area (TPSA) is 54.7 Å². The molecule has 0 amide bonds. The van der Waals surface area contributed by atoms with Crippen molar-refractivity contribution in [1.29, 1.82) is 0 Å². The van der Waals surface area contributed by atoms with Crippen molar-refractivity contribution in [2.45, 2.75) is 45.6 Å². The highest BCUT2D eigenvalue weighted by molar-refractivity contribution is 5.80. The van der Waals surface area contributed by atoms with Gasteiger partial charge in [0.2, 0.25) is 0 Å². The van der Waals surface area contributed by atoms with E-state index in [-0.39, 0.29) is 0 Å². The highest BCUT2D eigenvalue weighted by atomic mass is 16.5. The summed E-state index contributed by atoms with van der Waals surface area (Å²) in [4.78, 5) is 11.1. The molecule has 0 aliphatic carbocycles. The van der Waals surface area contributed by atoms with Crippen molar-refractivity contribution >= 4 is 5.96 Å². The molecule has 1 aromatic carbocycles. The average Bonchev–Trinajstić information content (AvgIpc) is 3.28. The van der Waals surface area contributed by atoms with Gasteiger partial charge in [-0.1, -0.05) is 32.4 Å². The van der Waals surface area contributed by atoms with Crippen molar-refractivity contribution in [3.63, 3.8) is 0 Å². The van der Waals surface area contributed by atoms with E-state index in [1.165, 1.54) is 5.56 Å². The minimum Gasteiger partial charge on any atom is -0.494 e. The van der Waals surface area contributed by atoms with E-state index in [2.05, 4.69) is 69.1 Å². The molecule has 0 saturated carbocycles. The van der Waals surface area contributed by atoms with Gasteiger partial charge in [0.25, 0.3) is 0 Å². The van der Waals surface area contributed by atoms with Crippen LogP contribution in [0.25, 0.3) is 0 Å². The minimum absolute atomic E-state index is 0.435. The van der Waals surface area contributed by atoms with Gasteiger partial charge in [-0.3, -0.25) is 4.99 Å². The molecule has 1 saturated heterocycles. The molecule has 1 N–H and O–H groups in total. The molecule has 2 unspecified atom stereocenters. The van der Waals surface area contributed by atoms with Gasteiger partial charge in [-0.25, -0.2) is 4.98 Å². The first-order valence-electron chi connectivity index (χ1n) is 10.9. The zero-order valence-electron chi connectivity index (χ0n) is 18.1. The monoisotopic (exact) mass is 397 g/mol. The number of benzene rings is 1. The fraction of sp³-hybridized carbons (Fsp3) is 0.565. The predicted octanol–water partition coefficient (Wildman–Crippen LogP) is 3.76. The number of likely N-dealkylation sites (tertiary alicyclic amines) is 1. The summed E-state index contributed by atoms with van der Waals surface area (Å²) in [6.45, 7) is 8.16. The first-order valence-corrected chi connectivity index (χ1v) is 10.9. The molecule has 6 nitrogen and oxygen atoms in total. The lowest BCUT2D eigenvalue weighted by atomic mass is 9.93. The molecule has 0 bridgehead atoms. The Hall–Kier alpha value is -2.50. The van der Waals surface area contributed by atoms with E-state index < -0.39 is 0 Å². The smallest absolute Gasteiger partial charge is 0.193 e. The zero-order valence-corrected chi connectivity index (χ0v) is 18.1. The normalized spacial score (nSPS) is 20.0. The quantitative estimate of drug-likeness (QED) is 0.419. The summed E-state index contributed by atoms with van der Waals surface area (Å²) in [5, 5.41) is 3.54. The lowest BCUT2D eigenvalue weighted by Crippen LogP contribution is -2.49. The summed E-state index contributed by atoms with van der Waals surface area (Å²) in [6.07, 6.45) is 10.2. The third kappa shape index (κ3) is 5.99. The second-order valence-corrected chi connectivity index (χ2v) is 7.86. The molecule has 1 aliphatic rings. The Bertz CT molecular complexity index is 741. The summed E-state index contributed by atoms with van der Waals surface area (Å²) >= 11 is 0. The lowest BCUT2D eigenvalue weighted by Gasteiger charge is -2.39. The molecule has 2 heterocycles. The van der Waals surface area contributed by atoms with Crippen LogP contribution in [0, 0.1) is 5.92 Å². The third-order valence-corrected chi connectivity index (χ3v) is 5.72. The van der Waals surface area contributed by atoms with Crippen molar-refractivity contribution in [2.24, 2.45) is 10.9 Å². The van der Waals surface area contributed by atoms with Crippen molar-refractivity contribution < 1.29 is 4.74 Å². The maximum Gasteiger partial charge on any atom is 0.193 e. The number of hydrogen-bond acceptors (Lipinski definition) is 3. The van der Waals surface area contributed by atoms with E-state index >= 15 is 0 Å². The number of imidazole rings is 1. The van der Waals surface area contributed by atoms with Crippen LogP contribution in [0.5, 0.6) is 5.75 Å². The molecule has 2 atom stereocenters. The Morgan fingerprint density at radius 3 is 2.83 bits per heavy atom. The fourth-order valence-electron chi connectivity index (χ4n) is 3.83. The molecule has 158 valence electrons. The van der Waals surface area contributed by atoms with Gasteiger partial charge >= 0.3 is 0 Å². The highest BCUT2D eigenvalue weighted by Gasteiger charge is 2.28. The standard InChI is InChI=1S/C23H35N5O/c1-4-5-16-29-21-8-6-20(7-9-21)10-12-26-23(24-3)27-14-11-19(2)22(17-27)28-15-13-25-18-28/h6-9,13,15,18-19,22H,4-5,10-12,14,16-17H2,1-3H3,(H,24,26). The van der Waals surface area contributed by atoms with Crippen LogP contribution < -0.4 is 10.1 Å². The number of aliphatic imine (C=N–C) groups is 1. The highest BCUT2D eigenvalue weighted by Crippen LogP contribution is 2.27. The van der Waals surface area contributed by atoms with Gasteiger partial charge in [-0.05, 0) is 42.9 Å². The number of aromatic nitrogens is 2. The van der Waals surface area contributed by atoms with Crippen molar-refractivity contribution in [3.05, 3.63) is 48.5 Å². The predicted molar refractivity (Wildman–Crippen MR) is 119 cm³/mol. The zero-order chi connectivity index (χ0) is 20.5. The molecule has 1 aromatic heterocycles. The second kappa shape index (κ2) is 10.9.